The van der Waals surface area contributed by atoms with Crippen molar-refractivity contribution in [3.8, 4) is 17.2 Å². The average Bonchev–Trinajstić information content (AvgIpc) is 3.30. The van der Waals surface area contributed by atoms with Gasteiger partial charge in [-0.05, 0) is 12.1 Å². The third kappa shape index (κ3) is 4.36. The zero-order valence-electron chi connectivity index (χ0n) is 17.0. The average molecular weight is 437 g/mol. The van der Waals surface area contributed by atoms with Gasteiger partial charge >= 0.3 is 0 Å². The van der Waals surface area contributed by atoms with Crippen molar-refractivity contribution in [2.24, 2.45) is 4.99 Å². The van der Waals surface area contributed by atoms with Crippen molar-refractivity contribution >= 4 is 39.0 Å². The molecule has 0 aliphatic rings. The zero-order chi connectivity index (χ0) is 21.8. The van der Waals surface area contributed by atoms with E-state index in [1.54, 1.807) is 63.2 Å². The first-order chi connectivity index (χ1) is 15.1. The van der Waals surface area contributed by atoms with Crippen LogP contribution >= 0.6 is 11.3 Å². The molecule has 31 heavy (non-hydrogen) atoms. The zero-order valence-corrected chi connectivity index (χ0v) is 17.9. The number of fused-ring (bicyclic) bond motifs is 1. The Kier molecular flexibility index (Phi) is 5.85. The fourth-order valence-electron chi connectivity index (χ4n) is 2.95. The highest BCUT2D eigenvalue weighted by Crippen LogP contribution is 2.29. The quantitative estimate of drug-likeness (QED) is 0.480. The third-order valence-corrected chi connectivity index (χ3v) is 5.11. The minimum Gasteiger partial charge on any atom is -0.497 e. The molecule has 0 aliphatic heterocycles. The summed E-state index contributed by atoms with van der Waals surface area (Å²) in [5.74, 6) is 1.26. The summed E-state index contributed by atoms with van der Waals surface area (Å²) in [5.41, 5.74) is 1.33. The molecule has 2 heterocycles. The largest absolute Gasteiger partial charge is 0.497 e. The number of carbonyl (C=O) groups is 1. The number of carbonyl (C=O) groups excluding carboxylic acids is 1. The number of rotatable bonds is 6. The number of para-hydroxylation sites is 1. The van der Waals surface area contributed by atoms with Gasteiger partial charge in [0.15, 0.2) is 16.5 Å². The summed E-state index contributed by atoms with van der Waals surface area (Å²) in [6.07, 6.45) is 1.61. The highest BCUT2D eigenvalue weighted by molar-refractivity contribution is 7.13. The Balaban J connectivity index is 1.93. The summed E-state index contributed by atoms with van der Waals surface area (Å²) in [6, 6.07) is 12.3. The number of ether oxygens (including phenoxy) is 3. The van der Waals surface area contributed by atoms with Crippen LogP contribution in [0.2, 0.25) is 0 Å². The number of nitrogens with one attached hydrogen (secondary N) is 1. The lowest BCUT2D eigenvalue weighted by Crippen LogP contribution is -2.21. The van der Waals surface area contributed by atoms with Crippen molar-refractivity contribution in [2.45, 2.75) is 0 Å². The lowest BCUT2D eigenvalue weighted by atomic mass is 10.1. The highest BCUT2D eigenvalue weighted by Gasteiger charge is 2.16. The second-order valence-electron chi connectivity index (χ2n) is 6.32. The van der Waals surface area contributed by atoms with Crippen LogP contribution in [0, 0.1) is 0 Å². The summed E-state index contributed by atoms with van der Waals surface area (Å²) in [5, 5.41) is 5.72. The number of hydrogen-bond donors (Lipinski definition) is 1. The van der Waals surface area contributed by atoms with Gasteiger partial charge in [0.05, 0.1) is 27.0 Å². The van der Waals surface area contributed by atoms with Gasteiger partial charge in [-0.2, -0.15) is 0 Å². The molecule has 4 aromatic rings. The monoisotopic (exact) mass is 437 g/mol. The molecule has 0 radical (unpaired) electrons. The number of hydrogen-bond acceptors (Lipinski definition) is 8. The van der Waals surface area contributed by atoms with Crippen LogP contribution < -0.4 is 25.1 Å². The molecule has 0 fully saturated rings. The van der Waals surface area contributed by atoms with Gasteiger partial charge in [-0.1, -0.05) is 12.1 Å². The van der Waals surface area contributed by atoms with E-state index in [4.69, 9.17) is 18.6 Å². The molecule has 0 saturated heterocycles. The Labute approximate surface area is 181 Å². The first-order valence-corrected chi connectivity index (χ1v) is 10.1. The van der Waals surface area contributed by atoms with E-state index in [0.717, 1.165) is 0 Å². The molecule has 2 aromatic carbocycles. The fourth-order valence-corrected chi connectivity index (χ4v) is 3.48. The first-order valence-electron chi connectivity index (χ1n) is 9.21. The molecule has 0 spiro atoms. The van der Waals surface area contributed by atoms with Crippen molar-refractivity contribution in [1.82, 2.24) is 4.98 Å². The second-order valence-corrected chi connectivity index (χ2v) is 7.21. The molecule has 0 bridgehead atoms. The Hall–Kier alpha value is -3.85. The maximum atomic E-state index is 13.0. The number of benzene rings is 2. The van der Waals surface area contributed by atoms with E-state index in [-0.39, 0.29) is 11.1 Å². The molecule has 158 valence electrons. The van der Waals surface area contributed by atoms with Crippen LogP contribution in [0.25, 0.3) is 11.0 Å². The molecule has 0 unspecified atom stereocenters. The molecule has 9 heteroatoms. The van der Waals surface area contributed by atoms with Crippen LogP contribution in [-0.2, 0) is 0 Å². The van der Waals surface area contributed by atoms with Gasteiger partial charge in [-0.3, -0.25) is 10.1 Å². The van der Waals surface area contributed by atoms with Crippen LogP contribution in [0.4, 0.5) is 10.8 Å². The Morgan fingerprint density at radius 2 is 1.84 bits per heavy atom. The Morgan fingerprint density at radius 3 is 2.48 bits per heavy atom. The molecule has 4 rings (SSSR count). The van der Waals surface area contributed by atoms with Crippen molar-refractivity contribution in [1.29, 1.82) is 0 Å². The third-order valence-electron chi connectivity index (χ3n) is 4.42. The molecule has 0 atom stereocenters. The lowest BCUT2D eigenvalue weighted by molar-refractivity contribution is 0.102. The summed E-state index contributed by atoms with van der Waals surface area (Å²) in [4.78, 5) is 21.7. The fraction of sp³-hybridized carbons (Fsp3) is 0.136. The van der Waals surface area contributed by atoms with E-state index < -0.39 is 5.91 Å². The van der Waals surface area contributed by atoms with E-state index >= 15 is 0 Å². The SMILES string of the molecule is COc1cc(N=c2oc3c(OC)cccc3cc2C(=O)Nc2nccs2)cc(OC)c1. The summed E-state index contributed by atoms with van der Waals surface area (Å²) < 4.78 is 22.1. The van der Waals surface area contributed by atoms with Crippen LogP contribution in [-0.4, -0.2) is 32.2 Å². The predicted octanol–water partition coefficient (Wildman–Crippen LogP) is 4.40. The van der Waals surface area contributed by atoms with Gasteiger partial charge in [0, 0.05) is 35.2 Å². The summed E-state index contributed by atoms with van der Waals surface area (Å²) >= 11 is 1.32. The Morgan fingerprint density at radius 1 is 1.06 bits per heavy atom. The summed E-state index contributed by atoms with van der Waals surface area (Å²) in [6.45, 7) is 0. The van der Waals surface area contributed by atoms with Crippen LogP contribution in [0.3, 0.4) is 0 Å². The number of aromatic nitrogens is 1. The van der Waals surface area contributed by atoms with Crippen LogP contribution in [0.15, 0.2) is 63.5 Å². The number of methoxy groups -OCH3 is 3. The van der Waals surface area contributed by atoms with E-state index in [1.165, 1.54) is 11.3 Å². The van der Waals surface area contributed by atoms with Gasteiger partial charge in [0.25, 0.3) is 5.91 Å². The number of anilines is 1. The second kappa shape index (κ2) is 8.88. The molecular formula is C22H19N3O5S. The topological polar surface area (TPSA) is 95.2 Å². The predicted molar refractivity (Wildman–Crippen MR) is 118 cm³/mol. The van der Waals surface area contributed by atoms with Gasteiger partial charge in [-0.15, -0.1) is 11.3 Å². The number of thiazole rings is 1. The molecule has 0 saturated carbocycles. The first kappa shape index (κ1) is 20.4. The van der Waals surface area contributed by atoms with E-state index in [9.17, 15) is 4.79 Å². The van der Waals surface area contributed by atoms with Crippen molar-refractivity contribution in [3.05, 3.63) is 65.2 Å². The van der Waals surface area contributed by atoms with Gasteiger partial charge < -0.3 is 18.6 Å². The van der Waals surface area contributed by atoms with Gasteiger partial charge in [0.1, 0.15) is 17.1 Å². The van der Waals surface area contributed by atoms with Crippen LogP contribution in [0.5, 0.6) is 17.2 Å². The van der Waals surface area contributed by atoms with E-state index in [0.29, 0.717) is 39.0 Å². The van der Waals surface area contributed by atoms with Crippen molar-refractivity contribution < 1.29 is 23.4 Å². The molecule has 2 aromatic heterocycles. The van der Waals surface area contributed by atoms with Gasteiger partial charge in [-0.25, -0.2) is 9.98 Å². The van der Waals surface area contributed by atoms with E-state index in [1.807, 2.05) is 12.1 Å². The minimum atomic E-state index is -0.392. The number of amides is 1. The molecular weight excluding hydrogens is 418 g/mol. The molecule has 1 amide bonds. The van der Waals surface area contributed by atoms with Crippen molar-refractivity contribution in [3.63, 3.8) is 0 Å². The smallest absolute Gasteiger partial charge is 0.262 e. The molecule has 0 aliphatic carbocycles. The standard InChI is InChI=1S/C22H19N3O5S/c1-27-15-10-14(11-16(12-15)28-2)24-21-17(20(26)25-22-23-7-8-31-22)9-13-5-4-6-18(29-3)19(13)30-21/h4-12H,1-3H3,(H,23,25,26). The normalized spacial score (nSPS) is 11.4. The maximum Gasteiger partial charge on any atom is 0.262 e. The summed E-state index contributed by atoms with van der Waals surface area (Å²) in [7, 11) is 4.66. The highest BCUT2D eigenvalue weighted by atomic mass is 32.1. The van der Waals surface area contributed by atoms with E-state index in [2.05, 4.69) is 15.3 Å². The minimum absolute atomic E-state index is 0.112. The van der Waals surface area contributed by atoms with Crippen LogP contribution in [0.1, 0.15) is 10.4 Å². The molecule has 8 nitrogen and oxygen atoms in total. The lowest BCUT2D eigenvalue weighted by Gasteiger charge is -2.08. The van der Waals surface area contributed by atoms with Gasteiger partial charge in [0.2, 0.25) is 5.55 Å². The Bertz CT molecular complexity index is 1280. The molecule has 1 N–H and O–H groups in total. The number of nitrogens with zero attached hydrogens (tertiary/aromatic N) is 2. The maximum absolute atomic E-state index is 13.0. The van der Waals surface area contributed by atoms with Crippen molar-refractivity contribution in [2.75, 3.05) is 26.6 Å².